The lowest BCUT2D eigenvalue weighted by atomic mass is 9.77. The highest BCUT2D eigenvalue weighted by Crippen LogP contribution is 2.42. The van der Waals surface area contributed by atoms with Crippen LogP contribution in [-0.2, 0) is 4.74 Å². The van der Waals surface area contributed by atoms with Crippen LogP contribution >= 0.6 is 0 Å². The number of rotatable bonds is 7. The van der Waals surface area contributed by atoms with E-state index in [1.54, 1.807) is 0 Å². The Morgan fingerprint density at radius 1 is 1.27 bits per heavy atom. The largest absolute Gasteiger partial charge is 0.380 e. The molecule has 15 heavy (non-hydrogen) atoms. The van der Waals surface area contributed by atoms with Crippen molar-refractivity contribution in [2.24, 2.45) is 11.3 Å². The zero-order valence-electron chi connectivity index (χ0n) is 10.3. The Bertz CT molecular complexity index is 197. The minimum Gasteiger partial charge on any atom is -0.380 e. The topological polar surface area (TPSA) is 12.5 Å². The summed E-state index contributed by atoms with van der Waals surface area (Å²) in [5, 5.41) is 0. The van der Waals surface area contributed by atoms with Crippen LogP contribution in [0.25, 0.3) is 0 Å². The van der Waals surface area contributed by atoms with Crippen molar-refractivity contribution in [1.82, 2.24) is 4.90 Å². The van der Waals surface area contributed by atoms with Gasteiger partial charge in [-0.05, 0) is 45.3 Å². The molecule has 0 unspecified atom stereocenters. The van der Waals surface area contributed by atoms with Gasteiger partial charge in [0.05, 0.1) is 13.2 Å². The van der Waals surface area contributed by atoms with Crippen LogP contribution in [0.2, 0.25) is 0 Å². The van der Waals surface area contributed by atoms with Gasteiger partial charge >= 0.3 is 0 Å². The second kappa shape index (κ2) is 4.84. The lowest BCUT2D eigenvalue weighted by Gasteiger charge is -2.42. The normalized spacial score (nSPS) is 24.2. The average Bonchev–Trinajstić information content (AvgIpc) is 2.99. The molecule has 88 valence electrons. The molecule has 2 rings (SSSR count). The molecule has 0 amide bonds. The first-order chi connectivity index (χ1) is 7.24. The smallest absolute Gasteiger partial charge is 0.0545 e. The lowest BCUT2D eigenvalue weighted by molar-refractivity contribution is -0.125. The van der Waals surface area contributed by atoms with Crippen molar-refractivity contribution in [3.63, 3.8) is 0 Å². The molecule has 1 heterocycles. The van der Waals surface area contributed by atoms with E-state index >= 15 is 0 Å². The van der Waals surface area contributed by atoms with Crippen molar-refractivity contribution in [3.05, 3.63) is 0 Å². The molecule has 1 aliphatic carbocycles. The molecule has 2 nitrogen and oxygen atoms in total. The van der Waals surface area contributed by atoms with Crippen LogP contribution in [0.5, 0.6) is 0 Å². The standard InChI is InChI=1S/C13H25NO/c1-3-14(2)9-8-13(10-15-11-13)7-6-12-4-5-12/h12H,3-11H2,1-2H3. The van der Waals surface area contributed by atoms with Gasteiger partial charge < -0.3 is 9.64 Å². The Hall–Kier alpha value is -0.0800. The third-order valence-electron chi connectivity index (χ3n) is 4.16. The monoisotopic (exact) mass is 211 g/mol. The van der Waals surface area contributed by atoms with Gasteiger partial charge in [0.1, 0.15) is 0 Å². The molecule has 0 aromatic carbocycles. The summed E-state index contributed by atoms with van der Waals surface area (Å²) >= 11 is 0. The van der Waals surface area contributed by atoms with E-state index in [1.165, 1.54) is 45.2 Å². The van der Waals surface area contributed by atoms with Crippen LogP contribution in [0.3, 0.4) is 0 Å². The summed E-state index contributed by atoms with van der Waals surface area (Å²) in [6.45, 7) is 6.69. The molecule has 2 heteroatoms. The van der Waals surface area contributed by atoms with Gasteiger partial charge in [0.15, 0.2) is 0 Å². The Kier molecular flexibility index (Phi) is 3.68. The first-order valence-electron chi connectivity index (χ1n) is 6.50. The maximum Gasteiger partial charge on any atom is 0.0545 e. The molecule has 2 fully saturated rings. The predicted octanol–water partition coefficient (Wildman–Crippen LogP) is 2.54. The summed E-state index contributed by atoms with van der Waals surface area (Å²) in [7, 11) is 2.22. The van der Waals surface area contributed by atoms with Crippen molar-refractivity contribution in [3.8, 4) is 0 Å². The number of hydrogen-bond acceptors (Lipinski definition) is 2. The van der Waals surface area contributed by atoms with E-state index in [0.29, 0.717) is 5.41 Å². The molecule has 0 N–H and O–H groups in total. The average molecular weight is 211 g/mol. The SMILES string of the molecule is CCN(C)CCC1(CCC2CC2)COC1. The molecule has 2 aliphatic rings. The van der Waals surface area contributed by atoms with Gasteiger partial charge in [-0.1, -0.05) is 19.8 Å². The first kappa shape index (κ1) is 11.4. The second-order valence-corrected chi connectivity index (χ2v) is 5.62. The molecule has 1 saturated heterocycles. The van der Waals surface area contributed by atoms with Crippen LogP contribution < -0.4 is 0 Å². The maximum atomic E-state index is 5.44. The molecule has 0 spiro atoms. The van der Waals surface area contributed by atoms with E-state index in [0.717, 1.165) is 19.1 Å². The minimum atomic E-state index is 0.562. The van der Waals surface area contributed by atoms with E-state index in [-0.39, 0.29) is 0 Å². The second-order valence-electron chi connectivity index (χ2n) is 5.62. The van der Waals surface area contributed by atoms with E-state index in [1.807, 2.05) is 0 Å². The Morgan fingerprint density at radius 3 is 2.47 bits per heavy atom. The highest BCUT2D eigenvalue weighted by Gasteiger charge is 2.39. The Morgan fingerprint density at radius 2 is 2.00 bits per heavy atom. The van der Waals surface area contributed by atoms with Crippen molar-refractivity contribution in [2.75, 3.05) is 33.4 Å². The van der Waals surface area contributed by atoms with Crippen LogP contribution in [0.15, 0.2) is 0 Å². The number of nitrogens with zero attached hydrogens (tertiary/aromatic N) is 1. The van der Waals surface area contributed by atoms with Gasteiger partial charge in [-0.25, -0.2) is 0 Å². The summed E-state index contributed by atoms with van der Waals surface area (Å²) in [5.41, 5.74) is 0.562. The molecular formula is C13H25NO. The summed E-state index contributed by atoms with van der Waals surface area (Å²) in [6, 6.07) is 0. The van der Waals surface area contributed by atoms with Crippen molar-refractivity contribution >= 4 is 0 Å². The zero-order valence-corrected chi connectivity index (χ0v) is 10.3. The Labute approximate surface area is 94.0 Å². The van der Waals surface area contributed by atoms with Crippen LogP contribution in [0.1, 0.15) is 39.0 Å². The quantitative estimate of drug-likeness (QED) is 0.641. The summed E-state index contributed by atoms with van der Waals surface area (Å²) in [5.74, 6) is 1.08. The fourth-order valence-electron chi connectivity index (χ4n) is 2.31. The van der Waals surface area contributed by atoms with Gasteiger partial charge in [0, 0.05) is 5.41 Å². The molecule has 0 aromatic heterocycles. The highest BCUT2D eigenvalue weighted by atomic mass is 16.5. The molecule has 1 saturated carbocycles. The van der Waals surface area contributed by atoms with Crippen LogP contribution in [-0.4, -0.2) is 38.3 Å². The van der Waals surface area contributed by atoms with E-state index in [4.69, 9.17) is 4.74 Å². The van der Waals surface area contributed by atoms with Gasteiger partial charge in [-0.3, -0.25) is 0 Å². The highest BCUT2D eigenvalue weighted by molar-refractivity contribution is 4.88. The Balaban J connectivity index is 1.69. The fourth-order valence-corrected chi connectivity index (χ4v) is 2.31. The zero-order chi connectivity index (χ0) is 10.7. The minimum absolute atomic E-state index is 0.562. The third-order valence-corrected chi connectivity index (χ3v) is 4.16. The van der Waals surface area contributed by atoms with Crippen LogP contribution in [0.4, 0.5) is 0 Å². The van der Waals surface area contributed by atoms with E-state index in [2.05, 4.69) is 18.9 Å². The molecule has 0 bridgehead atoms. The summed E-state index contributed by atoms with van der Waals surface area (Å²) in [6.07, 6.45) is 7.19. The molecule has 0 aromatic rings. The number of ether oxygens (including phenoxy) is 1. The molecule has 1 aliphatic heterocycles. The van der Waals surface area contributed by atoms with Crippen molar-refractivity contribution in [1.29, 1.82) is 0 Å². The van der Waals surface area contributed by atoms with Crippen LogP contribution in [0, 0.1) is 11.3 Å². The molecular weight excluding hydrogens is 186 g/mol. The lowest BCUT2D eigenvalue weighted by Crippen LogP contribution is -2.44. The van der Waals surface area contributed by atoms with Crippen molar-refractivity contribution in [2.45, 2.75) is 39.0 Å². The molecule has 0 atom stereocenters. The third kappa shape index (κ3) is 3.18. The maximum absolute atomic E-state index is 5.44. The van der Waals surface area contributed by atoms with Gasteiger partial charge in [0.2, 0.25) is 0 Å². The van der Waals surface area contributed by atoms with Gasteiger partial charge in [-0.2, -0.15) is 0 Å². The van der Waals surface area contributed by atoms with E-state index < -0.39 is 0 Å². The van der Waals surface area contributed by atoms with E-state index in [9.17, 15) is 0 Å². The molecule has 0 radical (unpaired) electrons. The predicted molar refractivity (Wildman–Crippen MR) is 63.0 cm³/mol. The van der Waals surface area contributed by atoms with Gasteiger partial charge in [0.25, 0.3) is 0 Å². The summed E-state index contributed by atoms with van der Waals surface area (Å²) < 4.78 is 5.44. The van der Waals surface area contributed by atoms with Crippen molar-refractivity contribution < 1.29 is 4.74 Å². The fraction of sp³-hybridized carbons (Fsp3) is 1.00. The number of hydrogen-bond donors (Lipinski definition) is 0. The van der Waals surface area contributed by atoms with Gasteiger partial charge in [-0.15, -0.1) is 0 Å². The first-order valence-corrected chi connectivity index (χ1v) is 6.50. The summed E-state index contributed by atoms with van der Waals surface area (Å²) in [4.78, 5) is 2.41.